The third-order valence-corrected chi connectivity index (χ3v) is 4.33. The van der Waals surface area contributed by atoms with E-state index < -0.39 is 27.2 Å². The second-order valence-electron chi connectivity index (χ2n) is 1.73. The smallest absolute Gasteiger partial charge is 0.854 e. The van der Waals surface area contributed by atoms with Gasteiger partial charge in [0.25, 0.3) is 0 Å². The molecule has 0 aliphatic carbocycles. The Bertz CT molecular complexity index is 203. The van der Waals surface area contributed by atoms with Crippen molar-refractivity contribution in [2.45, 2.75) is 5.40 Å². The average molecular weight is 316 g/mol. The van der Waals surface area contributed by atoms with Gasteiger partial charge >= 0.3 is 148 Å². The van der Waals surface area contributed by atoms with Crippen LogP contribution >= 0.6 is 15.2 Å². The van der Waals surface area contributed by atoms with Gasteiger partial charge < -0.3 is 33.8 Å². The van der Waals surface area contributed by atoms with Crippen LogP contribution < -0.4 is 172 Å². The molecule has 0 spiro atoms. The first-order chi connectivity index (χ1) is 4.69. The zero-order valence-corrected chi connectivity index (χ0v) is 21.8. The van der Waals surface area contributed by atoms with Crippen LogP contribution in [0.15, 0.2) is 0 Å². The monoisotopic (exact) mass is 316 g/mol. The molecule has 0 aliphatic heterocycles. The SMILES string of the molecule is O=P([O-])([O-])C(C[O-])P(=O)([O-])[O-].[Na+].[Na+].[Na+].[Na+].[Na+]. The number of hydrogen-bond donors (Lipinski definition) is 0. The largest absolute Gasteiger partial charge is 1.00 e. The maximum atomic E-state index is 9.91. The van der Waals surface area contributed by atoms with Crippen molar-refractivity contribution in [1.29, 1.82) is 0 Å². The molecule has 0 fully saturated rings. The summed E-state index contributed by atoms with van der Waals surface area (Å²) in [5.41, 5.74) is 0. The van der Waals surface area contributed by atoms with Gasteiger partial charge in [-0.15, -0.1) is 6.61 Å². The van der Waals surface area contributed by atoms with Crippen LogP contribution in [0.2, 0.25) is 0 Å². The van der Waals surface area contributed by atoms with E-state index in [1.807, 2.05) is 0 Å². The van der Waals surface area contributed by atoms with Crippen molar-refractivity contribution in [2.75, 3.05) is 6.61 Å². The van der Waals surface area contributed by atoms with Gasteiger partial charge in [-0.2, -0.15) is 0 Å². The zero-order valence-electron chi connectivity index (χ0n) is 10.0. The van der Waals surface area contributed by atoms with Crippen molar-refractivity contribution in [3.05, 3.63) is 0 Å². The molecular formula is C2H3Na5O7P2. The van der Waals surface area contributed by atoms with Gasteiger partial charge in [0.1, 0.15) is 0 Å². The third-order valence-electron chi connectivity index (χ3n) is 0.879. The third kappa shape index (κ3) is 17.3. The van der Waals surface area contributed by atoms with E-state index in [-0.39, 0.29) is 148 Å². The van der Waals surface area contributed by atoms with E-state index in [1.54, 1.807) is 0 Å². The topological polar surface area (TPSA) is 149 Å². The molecule has 0 aromatic rings. The van der Waals surface area contributed by atoms with E-state index in [4.69, 9.17) is 0 Å². The summed E-state index contributed by atoms with van der Waals surface area (Å²) in [5, 5.41) is 6.93. The van der Waals surface area contributed by atoms with Gasteiger partial charge in [-0.3, -0.25) is 0 Å². The van der Waals surface area contributed by atoms with E-state index in [0.717, 1.165) is 0 Å². The Balaban J connectivity index is -0.0000000500. The zero-order chi connectivity index (χ0) is 9.28. The Morgan fingerprint density at radius 1 is 0.750 bits per heavy atom. The van der Waals surface area contributed by atoms with Gasteiger partial charge in [0.05, 0.1) is 0 Å². The summed E-state index contributed by atoms with van der Waals surface area (Å²) >= 11 is 0. The molecule has 0 saturated carbocycles. The molecule has 0 N–H and O–H groups in total. The summed E-state index contributed by atoms with van der Waals surface area (Å²) in [6.45, 7) is -1.74. The normalized spacial score (nSPS) is 9.62. The van der Waals surface area contributed by atoms with E-state index in [9.17, 15) is 33.8 Å². The molecule has 0 atom stereocenters. The minimum atomic E-state index is -5.60. The van der Waals surface area contributed by atoms with Crippen molar-refractivity contribution in [3.8, 4) is 0 Å². The molecule has 14 heteroatoms. The Hall–Kier alpha value is 5.26. The Labute approximate surface area is 204 Å². The van der Waals surface area contributed by atoms with Crippen LogP contribution in [0.5, 0.6) is 0 Å². The summed E-state index contributed by atoms with van der Waals surface area (Å²) in [5.74, 6) is 0. The molecule has 7 nitrogen and oxygen atoms in total. The van der Waals surface area contributed by atoms with Crippen LogP contribution in [0.3, 0.4) is 0 Å². The van der Waals surface area contributed by atoms with Crippen molar-refractivity contribution >= 4 is 15.2 Å². The Morgan fingerprint density at radius 3 is 0.938 bits per heavy atom. The summed E-state index contributed by atoms with van der Waals surface area (Å²) in [6, 6.07) is 0. The van der Waals surface area contributed by atoms with Crippen molar-refractivity contribution in [2.24, 2.45) is 0 Å². The molecule has 16 heavy (non-hydrogen) atoms. The van der Waals surface area contributed by atoms with Crippen LogP contribution in [0.1, 0.15) is 0 Å². The molecule has 0 aromatic heterocycles. The molecule has 0 amide bonds. The molecule has 0 bridgehead atoms. The fourth-order valence-electron chi connectivity index (χ4n) is 0.356. The Kier molecular flexibility index (Phi) is 38.9. The van der Waals surface area contributed by atoms with Crippen LogP contribution in [-0.2, 0) is 9.13 Å². The molecule has 0 saturated heterocycles. The predicted molar refractivity (Wildman–Crippen MR) is 23.9 cm³/mol. The number of hydrogen-bond acceptors (Lipinski definition) is 7. The number of rotatable bonds is 3. The maximum absolute atomic E-state index is 9.91. The minimum Gasteiger partial charge on any atom is -0.854 e. The molecular weight excluding hydrogens is 313 g/mol. The van der Waals surface area contributed by atoms with Crippen LogP contribution in [0.4, 0.5) is 0 Å². The van der Waals surface area contributed by atoms with E-state index in [0.29, 0.717) is 0 Å². The summed E-state index contributed by atoms with van der Waals surface area (Å²) in [7, 11) is -11.2. The molecule has 0 aromatic carbocycles. The first-order valence-electron chi connectivity index (χ1n) is 2.31. The van der Waals surface area contributed by atoms with E-state index in [1.165, 1.54) is 0 Å². The van der Waals surface area contributed by atoms with Gasteiger partial charge in [-0.25, -0.2) is 0 Å². The quantitative estimate of drug-likeness (QED) is 0.370. The van der Waals surface area contributed by atoms with Gasteiger partial charge in [0.2, 0.25) is 0 Å². The van der Waals surface area contributed by atoms with Crippen molar-refractivity contribution in [1.82, 2.24) is 0 Å². The second kappa shape index (κ2) is 16.6. The fourth-order valence-corrected chi connectivity index (χ4v) is 2.11. The van der Waals surface area contributed by atoms with Gasteiger partial charge in [0.15, 0.2) is 0 Å². The molecule has 68 valence electrons. The standard InChI is InChI=1S/C2H7O7P2.5Na/c3-1-2(10(4,5)6)11(7,8)9;;;;;/h2H,1H2,(H2,4,5,6)(H2,7,8,9);;;;;/q-1;5*+1/p-4. The average Bonchev–Trinajstić information content (AvgIpc) is 1.56. The van der Waals surface area contributed by atoms with Gasteiger partial charge in [-0.1, -0.05) is 15.2 Å². The van der Waals surface area contributed by atoms with Crippen LogP contribution in [0, 0.1) is 0 Å². The summed E-state index contributed by atoms with van der Waals surface area (Å²) < 4.78 is 19.8. The fraction of sp³-hybridized carbons (Fsp3) is 1.00. The van der Waals surface area contributed by atoms with Crippen molar-refractivity contribution in [3.63, 3.8) is 0 Å². The minimum absolute atomic E-state index is 0. The maximum Gasteiger partial charge on any atom is 1.00 e. The second-order valence-corrected chi connectivity index (χ2v) is 5.54. The van der Waals surface area contributed by atoms with Crippen LogP contribution in [0.25, 0.3) is 0 Å². The first kappa shape index (κ1) is 37.5. The molecule has 0 radical (unpaired) electrons. The van der Waals surface area contributed by atoms with E-state index in [2.05, 4.69) is 0 Å². The molecule has 0 heterocycles. The molecule has 0 unspecified atom stereocenters. The summed E-state index contributed by atoms with van der Waals surface area (Å²) in [6.07, 6.45) is 0. The Morgan fingerprint density at radius 2 is 0.938 bits per heavy atom. The van der Waals surface area contributed by atoms with Crippen LogP contribution in [-0.4, -0.2) is 12.0 Å². The molecule has 0 aliphatic rings. The van der Waals surface area contributed by atoms with Crippen molar-refractivity contribution < 1.29 is 182 Å². The van der Waals surface area contributed by atoms with E-state index >= 15 is 0 Å². The molecule has 0 rings (SSSR count). The van der Waals surface area contributed by atoms with Gasteiger partial charge in [-0.05, 0) is 5.40 Å². The first-order valence-corrected chi connectivity index (χ1v) is 5.53. The van der Waals surface area contributed by atoms with Gasteiger partial charge in [0, 0.05) is 0 Å². The predicted octanol–water partition coefficient (Wildman–Crippen LogP) is -19.5. The summed E-state index contributed by atoms with van der Waals surface area (Å²) in [4.78, 5) is 39.6.